The Kier molecular flexibility index (Phi) is 5.01. The molecule has 140 valence electrons. The van der Waals surface area contributed by atoms with E-state index >= 15 is 0 Å². The lowest BCUT2D eigenvalue weighted by Crippen LogP contribution is -2.02. The molecule has 0 aliphatic rings. The van der Waals surface area contributed by atoms with Crippen LogP contribution in [0.5, 0.6) is 0 Å². The number of allylic oxidation sites excluding steroid dienone is 1. The summed E-state index contributed by atoms with van der Waals surface area (Å²) in [7, 11) is 0. The standard InChI is InChI=1S/C21H6N10/c1-10(4-22)14(6-24)28-19-11(2)18-13(3-12(5-23)15(7-25)29-18)20-21(19)31-17(9-27)16(8-26)30-20/h3H,1H2,2H3. The van der Waals surface area contributed by atoms with E-state index < -0.39 is 0 Å². The monoisotopic (exact) mass is 398 g/mol. The average Bonchev–Trinajstić information content (AvgIpc) is 2.81. The Morgan fingerprint density at radius 2 is 1.39 bits per heavy atom. The van der Waals surface area contributed by atoms with Gasteiger partial charge in [-0.25, -0.2) is 19.9 Å². The number of aryl methyl sites for hydroxylation is 1. The minimum Gasteiger partial charge on any atom is -0.235 e. The number of hydrogen-bond acceptors (Lipinski definition) is 10. The van der Waals surface area contributed by atoms with E-state index in [9.17, 15) is 26.3 Å². The van der Waals surface area contributed by atoms with Crippen molar-refractivity contribution in [1.29, 1.82) is 31.6 Å². The first-order chi connectivity index (χ1) is 14.9. The van der Waals surface area contributed by atoms with E-state index in [1.54, 1.807) is 31.2 Å². The van der Waals surface area contributed by atoms with Crippen molar-refractivity contribution in [2.24, 2.45) is 4.99 Å². The topological polar surface area (TPSA) is 194 Å². The SMILES string of the molecule is C=C(C#N)C(C#N)=Nc1c(C)c2nc(C#N)c(C#N)cc2c2nc(C#N)c(C#N)nc12. The van der Waals surface area contributed by atoms with E-state index in [1.165, 1.54) is 6.07 Å². The van der Waals surface area contributed by atoms with Gasteiger partial charge in [0.15, 0.2) is 22.8 Å². The Morgan fingerprint density at radius 1 is 0.806 bits per heavy atom. The summed E-state index contributed by atoms with van der Waals surface area (Å²) >= 11 is 0. The predicted molar refractivity (Wildman–Crippen MR) is 106 cm³/mol. The predicted octanol–water partition coefficient (Wildman–Crippen LogP) is 2.65. The summed E-state index contributed by atoms with van der Waals surface area (Å²) in [6, 6.07) is 12.2. The van der Waals surface area contributed by atoms with Crippen LogP contribution in [0.2, 0.25) is 0 Å². The Labute approximate surface area is 175 Å². The molecule has 0 N–H and O–H groups in total. The molecule has 2 heterocycles. The maximum atomic E-state index is 9.38. The highest BCUT2D eigenvalue weighted by Crippen LogP contribution is 2.36. The molecule has 10 heteroatoms. The van der Waals surface area contributed by atoms with Gasteiger partial charge in [0.25, 0.3) is 0 Å². The van der Waals surface area contributed by atoms with Gasteiger partial charge in [-0.2, -0.15) is 31.6 Å². The first kappa shape index (κ1) is 20.1. The van der Waals surface area contributed by atoms with Crippen LogP contribution < -0.4 is 0 Å². The number of nitriles is 6. The van der Waals surface area contributed by atoms with Crippen molar-refractivity contribution in [3.63, 3.8) is 0 Å². The molecule has 0 aliphatic heterocycles. The summed E-state index contributed by atoms with van der Waals surface area (Å²) in [5.41, 5.74) is -0.279. The van der Waals surface area contributed by atoms with Gasteiger partial charge in [0.05, 0.1) is 22.3 Å². The van der Waals surface area contributed by atoms with Crippen molar-refractivity contribution in [2.45, 2.75) is 6.92 Å². The minimum atomic E-state index is -0.287. The van der Waals surface area contributed by atoms with Crippen LogP contribution in [0, 0.1) is 74.9 Å². The number of benzene rings is 1. The molecule has 0 aliphatic carbocycles. The second kappa shape index (κ2) is 7.75. The van der Waals surface area contributed by atoms with Crippen LogP contribution >= 0.6 is 0 Å². The molecule has 31 heavy (non-hydrogen) atoms. The summed E-state index contributed by atoms with van der Waals surface area (Å²) in [5, 5.41) is 56.1. The van der Waals surface area contributed by atoms with Crippen molar-refractivity contribution in [2.75, 3.05) is 0 Å². The van der Waals surface area contributed by atoms with Gasteiger partial charge in [-0.3, -0.25) is 0 Å². The first-order valence-electron chi connectivity index (χ1n) is 8.31. The Balaban J connectivity index is 2.67. The number of aliphatic imine (C=N–C) groups is 1. The van der Waals surface area contributed by atoms with Gasteiger partial charge in [-0.1, -0.05) is 6.58 Å². The molecule has 1 aromatic carbocycles. The van der Waals surface area contributed by atoms with Gasteiger partial charge in [0, 0.05) is 10.9 Å². The first-order valence-corrected chi connectivity index (χ1v) is 8.31. The Hall–Kier alpha value is -5.68. The number of rotatable bonds is 2. The molecule has 0 radical (unpaired) electrons. The van der Waals surface area contributed by atoms with E-state index in [1.807, 2.05) is 12.1 Å². The van der Waals surface area contributed by atoms with Gasteiger partial charge in [-0.15, -0.1) is 0 Å². The highest BCUT2D eigenvalue weighted by Gasteiger charge is 2.21. The molecule has 3 aromatic rings. The van der Waals surface area contributed by atoms with Gasteiger partial charge >= 0.3 is 0 Å². The second-order valence-electron chi connectivity index (χ2n) is 5.98. The van der Waals surface area contributed by atoms with E-state index in [0.717, 1.165) is 0 Å². The number of aromatic nitrogens is 3. The lowest BCUT2D eigenvalue weighted by atomic mass is 10.0. The summed E-state index contributed by atoms with van der Waals surface area (Å²) in [6.45, 7) is 5.08. The molecule has 0 amide bonds. The summed E-state index contributed by atoms with van der Waals surface area (Å²) < 4.78 is 0. The Morgan fingerprint density at radius 3 is 1.90 bits per heavy atom. The van der Waals surface area contributed by atoms with Crippen molar-refractivity contribution >= 4 is 33.3 Å². The normalized spacial score (nSPS) is 10.2. The number of fused-ring (bicyclic) bond motifs is 3. The van der Waals surface area contributed by atoms with Crippen molar-refractivity contribution < 1.29 is 0 Å². The molecule has 0 atom stereocenters. The van der Waals surface area contributed by atoms with Gasteiger partial charge < -0.3 is 0 Å². The number of nitrogens with zero attached hydrogens (tertiary/aromatic N) is 10. The smallest absolute Gasteiger partial charge is 0.177 e. The lowest BCUT2D eigenvalue weighted by Gasteiger charge is -2.12. The van der Waals surface area contributed by atoms with Crippen molar-refractivity contribution in [3.05, 3.63) is 46.4 Å². The quantitative estimate of drug-likeness (QED) is 0.354. The van der Waals surface area contributed by atoms with Crippen LogP contribution in [0.25, 0.3) is 21.9 Å². The second-order valence-corrected chi connectivity index (χ2v) is 5.98. The maximum Gasteiger partial charge on any atom is 0.177 e. The van der Waals surface area contributed by atoms with Crippen molar-refractivity contribution in [1.82, 2.24) is 15.0 Å². The van der Waals surface area contributed by atoms with Crippen LogP contribution in [-0.2, 0) is 0 Å². The van der Waals surface area contributed by atoms with Crippen molar-refractivity contribution in [3.8, 4) is 36.4 Å². The van der Waals surface area contributed by atoms with Crippen LogP contribution in [-0.4, -0.2) is 20.7 Å². The molecule has 3 rings (SSSR count). The van der Waals surface area contributed by atoms with Crippen LogP contribution in [0.1, 0.15) is 28.2 Å². The summed E-state index contributed by atoms with van der Waals surface area (Å²) in [5.74, 6) is 0. The van der Waals surface area contributed by atoms with E-state index in [4.69, 9.17) is 5.26 Å². The zero-order chi connectivity index (χ0) is 22.7. The molecule has 0 bridgehead atoms. The summed E-state index contributed by atoms with van der Waals surface area (Å²) in [4.78, 5) is 16.8. The van der Waals surface area contributed by atoms with E-state index in [2.05, 4.69) is 26.5 Å². The third-order valence-corrected chi connectivity index (χ3v) is 4.30. The highest BCUT2D eigenvalue weighted by molar-refractivity contribution is 6.17. The molecule has 0 saturated heterocycles. The van der Waals surface area contributed by atoms with Crippen LogP contribution in [0.3, 0.4) is 0 Å². The molecule has 0 saturated carbocycles. The molecule has 0 unspecified atom stereocenters. The fourth-order valence-electron chi connectivity index (χ4n) is 2.85. The lowest BCUT2D eigenvalue weighted by molar-refractivity contribution is 1.19. The molecule has 0 fully saturated rings. The van der Waals surface area contributed by atoms with E-state index in [-0.39, 0.29) is 56.2 Å². The largest absolute Gasteiger partial charge is 0.235 e. The van der Waals surface area contributed by atoms with Crippen LogP contribution in [0.15, 0.2) is 23.2 Å². The highest BCUT2D eigenvalue weighted by atomic mass is 14.9. The molecular weight excluding hydrogens is 392 g/mol. The zero-order valence-corrected chi connectivity index (χ0v) is 15.8. The molecule has 10 nitrogen and oxygen atoms in total. The third-order valence-electron chi connectivity index (χ3n) is 4.30. The zero-order valence-electron chi connectivity index (χ0n) is 15.8. The molecule has 0 spiro atoms. The molecule has 2 aromatic heterocycles. The van der Waals surface area contributed by atoms with Gasteiger partial charge in [-0.05, 0) is 13.0 Å². The maximum absolute atomic E-state index is 9.38. The van der Waals surface area contributed by atoms with Gasteiger partial charge in [0.1, 0.15) is 47.4 Å². The third kappa shape index (κ3) is 3.12. The van der Waals surface area contributed by atoms with E-state index in [0.29, 0.717) is 10.9 Å². The number of pyridine rings is 1. The summed E-state index contributed by atoms with van der Waals surface area (Å²) in [6.07, 6.45) is 0. The fraction of sp³-hybridized carbons (Fsp3) is 0.0476. The fourth-order valence-corrected chi connectivity index (χ4v) is 2.85. The van der Waals surface area contributed by atoms with Gasteiger partial charge in [0.2, 0.25) is 0 Å². The molecular formula is C21H6N10. The van der Waals surface area contributed by atoms with Crippen LogP contribution in [0.4, 0.5) is 5.69 Å². The Bertz CT molecular complexity index is 1620. The number of hydrogen-bond donors (Lipinski definition) is 0. The minimum absolute atomic E-state index is 0.00723. The average molecular weight is 398 g/mol.